The van der Waals surface area contributed by atoms with Crippen molar-refractivity contribution in [1.82, 2.24) is 0 Å². The fourth-order valence-corrected chi connectivity index (χ4v) is 12.3. The van der Waals surface area contributed by atoms with Crippen LogP contribution >= 0.6 is 0 Å². The molecule has 2 N–H and O–H groups in total. The number of ether oxygens (including phenoxy) is 4. The average molecular weight is 701 g/mol. The molecule has 49 heavy (non-hydrogen) atoms. The largest absolute Gasteiger partial charge is 0.455 e. The first-order valence-electron chi connectivity index (χ1n) is 17.5. The highest BCUT2D eigenvalue weighted by Gasteiger charge is 2.78. The maximum Gasteiger partial charge on any atom is 0.338 e. The smallest absolute Gasteiger partial charge is 0.338 e. The lowest BCUT2D eigenvalue weighted by Gasteiger charge is -2.68. The first-order chi connectivity index (χ1) is 22.9. The minimum atomic E-state index is -2.48. The maximum atomic E-state index is 15.6. The van der Waals surface area contributed by atoms with Crippen LogP contribution in [0.25, 0.3) is 0 Å². The molecule has 5 rings (SSSR count). The molecule has 0 amide bonds. The molecule has 3 aliphatic carbocycles. The van der Waals surface area contributed by atoms with E-state index >= 15 is 4.79 Å². The van der Waals surface area contributed by atoms with Gasteiger partial charge in [0.2, 0.25) is 0 Å². The van der Waals surface area contributed by atoms with E-state index in [1.54, 1.807) is 58.0 Å². The molecule has 4 aliphatic rings. The number of carbonyl (C=O) groups excluding carboxylic acids is 4. The molecule has 1 aromatic rings. The van der Waals surface area contributed by atoms with Crippen molar-refractivity contribution in [3.8, 4) is 0 Å². The SMILES string of the molecule is CC[Si](CC)(CC)OC1CC2OC[C@@]2(OC(C)=O)C2C(OC(=O)c3ccccc3)C3(O)CC(O)C(C)=C(C(OC(C)=O)C(=O)[C@]12C)C3(C)C. The van der Waals surface area contributed by atoms with Gasteiger partial charge in [-0.1, -0.05) is 52.8 Å². The number of fused-ring (bicyclic) bond motifs is 5. The van der Waals surface area contributed by atoms with Crippen LogP contribution in [0.15, 0.2) is 41.5 Å². The number of esters is 3. The minimum absolute atomic E-state index is 0.131. The summed E-state index contributed by atoms with van der Waals surface area (Å²) in [6.07, 6.45) is -6.04. The van der Waals surface area contributed by atoms with Crippen LogP contribution in [0.4, 0.5) is 0 Å². The normalized spacial score (nSPS) is 36.7. The predicted molar refractivity (Wildman–Crippen MR) is 181 cm³/mol. The Morgan fingerprint density at radius 2 is 1.59 bits per heavy atom. The molecule has 0 aromatic heterocycles. The quantitative estimate of drug-likeness (QED) is 0.160. The van der Waals surface area contributed by atoms with Crippen molar-refractivity contribution in [1.29, 1.82) is 0 Å². The number of aliphatic hydroxyl groups excluding tert-OH is 1. The van der Waals surface area contributed by atoms with Crippen LogP contribution in [0.5, 0.6) is 0 Å². The van der Waals surface area contributed by atoms with E-state index in [9.17, 15) is 24.6 Å². The van der Waals surface area contributed by atoms with Crippen LogP contribution in [0.2, 0.25) is 18.1 Å². The van der Waals surface area contributed by atoms with E-state index in [-0.39, 0.29) is 30.6 Å². The Kier molecular flexibility index (Phi) is 9.92. The molecule has 9 atom stereocenters. The second-order valence-corrected chi connectivity index (χ2v) is 19.8. The third-order valence-corrected chi connectivity index (χ3v) is 17.2. The van der Waals surface area contributed by atoms with Crippen LogP contribution < -0.4 is 0 Å². The summed E-state index contributed by atoms with van der Waals surface area (Å²) in [5.41, 5.74) is -5.83. The van der Waals surface area contributed by atoms with Crippen LogP contribution in [0.3, 0.4) is 0 Å². The third-order valence-electron chi connectivity index (χ3n) is 12.5. The fourth-order valence-electron chi connectivity index (χ4n) is 9.36. The average Bonchev–Trinajstić information content (AvgIpc) is 3.04. The van der Waals surface area contributed by atoms with Gasteiger partial charge in [-0.25, -0.2) is 4.79 Å². The zero-order chi connectivity index (χ0) is 36.3. The Morgan fingerprint density at radius 1 is 0.980 bits per heavy atom. The number of rotatable bonds is 9. The van der Waals surface area contributed by atoms with Gasteiger partial charge in [0.05, 0.1) is 35.7 Å². The highest BCUT2D eigenvalue weighted by Crippen LogP contribution is 2.65. The number of hydrogen-bond donors (Lipinski definition) is 2. The number of hydrogen-bond acceptors (Lipinski definition) is 11. The number of benzene rings is 1. The molecule has 12 heteroatoms. The Labute approximate surface area is 289 Å². The lowest BCUT2D eigenvalue weighted by atomic mass is 9.44. The summed E-state index contributed by atoms with van der Waals surface area (Å²) in [5, 5.41) is 24.8. The van der Waals surface area contributed by atoms with Gasteiger partial charge in [0.1, 0.15) is 17.8 Å². The highest BCUT2D eigenvalue weighted by molar-refractivity contribution is 6.73. The predicted octanol–water partition coefficient (Wildman–Crippen LogP) is 4.68. The molecule has 270 valence electrons. The van der Waals surface area contributed by atoms with Gasteiger partial charge < -0.3 is 33.6 Å². The fraction of sp³-hybridized carbons (Fsp3) is 0.676. The standard InChI is InChI=1S/C37H52O11Si/c1-10-49(11-2,12-3)48-26-18-27-36(20-44-27,47-23(6)39)30-32(46-33(42)24-16-14-13-15-17-24)37(43)19-25(40)21(4)28(34(37,7)8)29(45-22(5)38)31(41)35(26,30)9/h13-17,25-27,29-30,32,40,43H,10-12,18-20H2,1-9H3/t25?,26?,27?,29?,30?,32?,35-,36+,37?/m1/s1. The molecule has 1 aliphatic heterocycles. The van der Waals surface area contributed by atoms with E-state index in [4.69, 9.17) is 23.4 Å². The van der Waals surface area contributed by atoms with Crippen molar-refractivity contribution < 1.29 is 52.8 Å². The molecule has 1 aromatic carbocycles. The van der Waals surface area contributed by atoms with Gasteiger partial charge in [0.15, 0.2) is 25.8 Å². The molecule has 7 unspecified atom stereocenters. The molecule has 3 fully saturated rings. The number of carbonyl (C=O) groups is 4. The molecule has 1 heterocycles. The second-order valence-electron chi connectivity index (χ2n) is 15.1. The van der Waals surface area contributed by atoms with Crippen LogP contribution in [0.1, 0.15) is 85.5 Å². The summed E-state index contributed by atoms with van der Waals surface area (Å²) in [6.45, 7) is 15.3. The Bertz CT molecular complexity index is 1510. The zero-order valence-electron chi connectivity index (χ0n) is 30.2. The van der Waals surface area contributed by atoms with Gasteiger partial charge in [-0.15, -0.1) is 0 Å². The lowest BCUT2D eigenvalue weighted by Crippen LogP contribution is -2.82. The summed E-state index contributed by atoms with van der Waals surface area (Å²) in [7, 11) is -2.48. The Morgan fingerprint density at radius 3 is 2.10 bits per heavy atom. The summed E-state index contributed by atoms with van der Waals surface area (Å²) >= 11 is 0. The van der Waals surface area contributed by atoms with Crippen molar-refractivity contribution in [3.63, 3.8) is 0 Å². The van der Waals surface area contributed by atoms with Gasteiger partial charge in [-0.2, -0.15) is 0 Å². The van der Waals surface area contributed by atoms with Crippen LogP contribution in [-0.4, -0.2) is 90.6 Å². The van der Waals surface area contributed by atoms with E-state index in [1.807, 2.05) is 0 Å². The molecule has 0 spiro atoms. The first kappa shape index (κ1) is 37.4. The van der Waals surface area contributed by atoms with Gasteiger partial charge in [-0.3, -0.25) is 14.4 Å². The highest BCUT2D eigenvalue weighted by atomic mass is 28.4. The number of aliphatic hydroxyl groups is 2. The molecule has 1 saturated heterocycles. The molecular weight excluding hydrogens is 648 g/mol. The van der Waals surface area contributed by atoms with Crippen molar-refractivity contribution in [2.24, 2.45) is 16.7 Å². The van der Waals surface area contributed by atoms with Crippen molar-refractivity contribution in [2.45, 2.75) is 135 Å². The third kappa shape index (κ3) is 5.62. The Hall–Kier alpha value is -2.90. The van der Waals surface area contributed by atoms with Crippen molar-refractivity contribution in [3.05, 3.63) is 47.0 Å². The number of ketones is 1. The van der Waals surface area contributed by atoms with Crippen LogP contribution in [-0.2, 0) is 37.8 Å². The summed E-state index contributed by atoms with van der Waals surface area (Å²) in [5.74, 6) is -3.91. The topological polar surface area (TPSA) is 155 Å². The van der Waals surface area contributed by atoms with Gasteiger partial charge >= 0.3 is 17.9 Å². The Balaban J connectivity index is 1.88. The molecule has 11 nitrogen and oxygen atoms in total. The van der Waals surface area contributed by atoms with Crippen molar-refractivity contribution in [2.75, 3.05) is 6.61 Å². The molecule has 2 bridgehead atoms. The van der Waals surface area contributed by atoms with E-state index < -0.39 is 90.5 Å². The first-order valence-corrected chi connectivity index (χ1v) is 20.0. The molecule has 2 saturated carbocycles. The zero-order valence-corrected chi connectivity index (χ0v) is 31.2. The second kappa shape index (κ2) is 13.0. The lowest BCUT2D eigenvalue weighted by molar-refractivity contribution is -0.344. The minimum Gasteiger partial charge on any atom is -0.455 e. The van der Waals surface area contributed by atoms with E-state index in [1.165, 1.54) is 13.8 Å². The molecular formula is C37H52O11Si. The van der Waals surface area contributed by atoms with Gasteiger partial charge in [0.25, 0.3) is 0 Å². The van der Waals surface area contributed by atoms with Gasteiger partial charge in [0, 0.05) is 32.1 Å². The molecule has 0 radical (unpaired) electrons. The van der Waals surface area contributed by atoms with E-state index in [2.05, 4.69) is 20.8 Å². The number of Topliss-reactive ketones (excluding diaryl/α,β-unsaturated/α-hetero) is 1. The summed E-state index contributed by atoms with van der Waals surface area (Å²) in [6, 6.07) is 10.6. The van der Waals surface area contributed by atoms with Gasteiger partial charge in [-0.05, 0) is 55.3 Å². The summed E-state index contributed by atoms with van der Waals surface area (Å²) in [4.78, 5) is 55.5. The summed E-state index contributed by atoms with van der Waals surface area (Å²) < 4.78 is 31.9. The maximum absolute atomic E-state index is 15.6. The van der Waals surface area contributed by atoms with Crippen LogP contribution in [0, 0.1) is 16.7 Å². The van der Waals surface area contributed by atoms with E-state index in [0.717, 1.165) is 18.1 Å². The van der Waals surface area contributed by atoms with E-state index in [0.29, 0.717) is 5.57 Å². The monoisotopic (exact) mass is 700 g/mol. The van der Waals surface area contributed by atoms with Crippen molar-refractivity contribution >= 4 is 32.0 Å².